The molecule has 0 spiro atoms. The molecule has 2 unspecified atom stereocenters. The molecular formula is C13H17NO5. The highest BCUT2D eigenvalue weighted by molar-refractivity contribution is 5.87. The average Bonchev–Trinajstić information content (AvgIpc) is 2.98. The summed E-state index contributed by atoms with van der Waals surface area (Å²) >= 11 is 0. The number of hydrogen-bond donors (Lipinski definition) is 2. The van der Waals surface area contributed by atoms with Gasteiger partial charge in [0.2, 0.25) is 5.91 Å². The Morgan fingerprint density at radius 1 is 1.26 bits per heavy atom. The van der Waals surface area contributed by atoms with Gasteiger partial charge in [-0.15, -0.1) is 0 Å². The average molecular weight is 267 g/mol. The predicted molar refractivity (Wildman–Crippen MR) is 65.0 cm³/mol. The third-order valence-electron chi connectivity index (χ3n) is 3.90. The van der Waals surface area contributed by atoms with Crippen molar-refractivity contribution < 1.29 is 24.2 Å². The minimum atomic E-state index is -0.926. The topological polar surface area (TPSA) is 92.7 Å². The van der Waals surface area contributed by atoms with Crippen molar-refractivity contribution >= 4 is 17.8 Å². The lowest BCUT2D eigenvalue weighted by Crippen LogP contribution is -2.40. The molecule has 6 nitrogen and oxygen atoms in total. The summed E-state index contributed by atoms with van der Waals surface area (Å²) in [5.74, 6) is -2.82. The molecule has 2 bridgehead atoms. The fraction of sp³-hybridized carbons (Fsp3) is 0.615. The molecule has 2 aliphatic rings. The molecule has 104 valence electrons. The van der Waals surface area contributed by atoms with Crippen molar-refractivity contribution in [3.8, 4) is 0 Å². The van der Waals surface area contributed by atoms with Crippen LogP contribution in [0, 0.1) is 23.7 Å². The summed E-state index contributed by atoms with van der Waals surface area (Å²) in [6.45, 7) is 0.176. The highest BCUT2D eigenvalue weighted by Crippen LogP contribution is 2.48. The fourth-order valence-electron chi connectivity index (χ4n) is 3.02. The van der Waals surface area contributed by atoms with E-state index in [2.05, 4.69) is 10.1 Å². The number of aliphatic carboxylic acids is 1. The fourth-order valence-corrected chi connectivity index (χ4v) is 3.02. The zero-order chi connectivity index (χ0) is 14.0. The number of amides is 1. The van der Waals surface area contributed by atoms with Crippen LogP contribution in [0.2, 0.25) is 0 Å². The van der Waals surface area contributed by atoms with Crippen LogP contribution in [-0.2, 0) is 19.1 Å². The lowest BCUT2D eigenvalue weighted by Gasteiger charge is -2.23. The van der Waals surface area contributed by atoms with Crippen LogP contribution in [0.4, 0.5) is 0 Å². The molecule has 1 fully saturated rings. The first-order valence-corrected chi connectivity index (χ1v) is 6.30. The normalized spacial score (nSPS) is 31.2. The maximum atomic E-state index is 12.1. The van der Waals surface area contributed by atoms with Gasteiger partial charge in [-0.2, -0.15) is 0 Å². The summed E-state index contributed by atoms with van der Waals surface area (Å²) in [5.41, 5.74) is 0. The number of esters is 1. The second-order valence-corrected chi connectivity index (χ2v) is 4.96. The highest BCUT2D eigenvalue weighted by Gasteiger charge is 2.51. The number of allylic oxidation sites excluding steroid dienone is 2. The molecule has 4 atom stereocenters. The standard InChI is InChI=1S/C13H17NO5/c1-19-9(15)4-5-14-12(16)10-7-2-3-8(6-7)11(10)13(17)18/h2-3,7-8,10-11H,4-6H2,1H3,(H,14,16)(H,17,18)/t7?,8?,10-,11+/m0/s1. The van der Waals surface area contributed by atoms with Crippen LogP contribution in [0.15, 0.2) is 12.2 Å². The van der Waals surface area contributed by atoms with Gasteiger partial charge in [0.05, 0.1) is 25.4 Å². The van der Waals surface area contributed by atoms with Crippen LogP contribution in [0.5, 0.6) is 0 Å². The van der Waals surface area contributed by atoms with Crippen molar-refractivity contribution in [2.45, 2.75) is 12.8 Å². The molecule has 0 aliphatic heterocycles. The van der Waals surface area contributed by atoms with E-state index in [1.807, 2.05) is 12.2 Å². The Balaban J connectivity index is 1.93. The van der Waals surface area contributed by atoms with Gasteiger partial charge in [0, 0.05) is 6.54 Å². The van der Waals surface area contributed by atoms with Gasteiger partial charge in [-0.05, 0) is 18.3 Å². The number of rotatable bonds is 5. The summed E-state index contributed by atoms with van der Waals surface area (Å²) in [6, 6.07) is 0. The quantitative estimate of drug-likeness (QED) is 0.548. The number of carboxylic acid groups (broad SMARTS) is 1. The maximum absolute atomic E-state index is 12.1. The molecule has 1 amide bonds. The molecule has 0 aromatic heterocycles. The summed E-state index contributed by atoms with van der Waals surface area (Å²) in [4.78, 5) is 34.2. The Morgan fingerprint density at radius 2 is 1.89 bits per heavy atom. The van der Waals surface area contributed by atoms with Crippen molar-refractivity contribution in [3.05, 3.63) is 12.2 Å². The van der Waals surface area contributed by atoms with Crippen LogP contribution < -0.4 is 5.32 Å². The molecule has 0 saturated heterocycles. The van der Waals surface area contributed by atoms with Crippen molar-refractivity contribution in [2.75, 3.05) is 13.7 Å². The molecule has 2 N–H and O–H groups in total. The monoisotopic (exact) mass is 267 g/mol. The van der Waals surface area contributed by atoms with Crippen molar-refractivity contribution in [2.24, 2.45) is 23.7 Å². The van der Waals surface area contributed by atoms with E-state index in [1.54, 1.807) is 0 Å². The second-order valence-electron chi connectivity index (χ2n) is 4.96. The summed E-state index contributed by atoms with van der Waals surface area (Å²) in [6.07, 6.45) is 4.64. The van der Waals surface area contributed by atoms with Crippen LogP contribution in [-0.4, -0.2) is 36.6 Å². The molecule has 0 radical (unpaired) electrons. The molecule has 0 heterocycles. The number of fused-ring (bicyclic) bond motifs is 2. The van der Waals surface area contributed by atoms with E-state index < -0.39 is 23.8 Å². The van der Waals surface area contributed by atoms with Crippen molar-refractivity contribution in [1.29, 1.82) is 0 Å². The molecule has 2 rings (SSSR count). The first-order chi connectivity index (χ1) is 9.04. The first-order valence-electron chi connectivity index (χ1n) is 6.30. The summed E-state index contributed by atoms with van der Waals surface area (Å²) < 4.78 is 4.47. The molecule has 2 aliphatic carbocycles. The smallest absolute Gasteiger partial charge is 0.307 e. The van der Waals surface area contributed by atoms with Gasteiger partial charge in [0.25, 0.3) is 0 Å². The van der Waals surface area contributed by atoms with Crippen molar-refractivity contribution in [3.63, 3.8) is 0 Å². The molecule has 19 heavy (non-hydrogen) atoms. The van der Waals surface area contributed by atoms with Gasteiger partial charge < -0.3 is 15.2 Å². The van der Waals surface area contributed by atoms with Crippen LogP contribution >= 0.6 is 0 Å². The molecule has 6 heteroatoms. The van der Waals surface area contributed by atoms with Gasteiger partial charge in [-0.25, -0.2) is 0 Å². The number of carbonyl (C=O) groups is 3. The zero-order valence-electron chi connectivity index (χ0n) is 10.7. The minimum absolute atomic E-state index is 0.00391. The lowest BCUT2D eigenvalue weighted by molar-refractivity contribution is -0.148. The largest absolute Gasteiger partial charge is 0.481 e. The van der Waals surface area contributed by atoms with E-state index >= 15 is 0 Å². The van der Waals surface area contributed by atoms with E-state index in [4.69, 9.17) is 0 Å². The number of nitrogens with one attached hydrogen (secondary N) is 1. The Hall–Kier alpha value is -1.85. The molecule has 0 aromatic rings. The van der Waals surface area contributed by atoms with Gasteiger partial charge in [0.1, 0.15) is 0 Å². The van der Waals surface area contributed by atoms with E-state index in [1.165, 1.54) is 7.11 Å². The molecule has 0 aromatic carbocycles. The van der Waals surface area contributed by atoms with E-state index in [0.717, 1.165) is 6.42 Å². The van der Waals surface area contributed by atoms with Gasteiger partial charge in [-0.1, -0.05) is 12.2 Å². The van der Waals surface area contributed by atoms with E-state index in [9.17, 15) is 19.5 Å². The third kappa shape index (κ3) is 2.62. The van der Waals surface area contributed by atoms with Crippen LogP contribution in [0.3, 0.4) is 0 Å². The Morgan fingerprint density at radius 3 is 2.47 bits per heavy atom. The summed E-state index contributed by atoms with van der Waals surface area (Å²) in [7, 11) is 1.28. The maximum Gasteiger partial charge on any atom is 0.307 e. The Labute approximate surface area is 110 Å². The van der Waals surface area contributed by atoms with Gasteiger partial charge in [0.15, 0.2) is 0 Å². The van der Waals surface area contributed by atoms with Crippen LogP contribution in [0.1, 0.15) is 12.8 Å². The molecule has 1 saturated carbocycles. The summed E-state index contributed by atoms with van der Waals surface area (Å²) in [5, 5.41) is 11.8. The van der Waals surface area contributed by atoms with E-state index in [-0.39, 0.29) is 30.7 Å². The van der Waals surface area contributed by atoms with Crippen molar-refractivity contribution in [1.82, 2.24) is 5.32 Å². The SMILES string of the molecule is COC(=O)CCNC(=O)[C@H]1C2C=CC(C2)[C@H]1C(=O)O. The van der Waals surface area contributed by atoms with Gasteiger partial charge >= 0.3 is 11.9 Å². The number of carboxylic acids is 1. The first kappa shape index (κ1) is 13.6. The zero-order valence-corrected chi connectivity index (χ0v) is 10.7. The van der Waals surface area contributed by atoms with Gasteiger partial charge in [-0.3, -0.25) is 14.4 Å². The lowest BCUT2D eigenvalue weighted by atomic mass is 9.82. The number of carbonyl (C=O) groups excluding carboxylic acids is 2. The van der Waals surface area contributed by atoms with E-state index in [0.29, 0.717) is 0 Å². The minimum Gasteiger partial charge on any atom is -0.481 e. The number of hydrogen-bond acceptors (Lipinski definition) is 4. The van der Waals surface area contributed by atoms with Crippen LogP contribution in [0.25, 0.3) is 0 Å². The predicted octanol–water partition coefficient (Wildman–Crippen LogP) is 0.189. The highest BCUT2D eigenvalue weighted by atomic mass is 16.5. The third-order valence-corrected chi connectivity index (χ3v) is 3.90. The molecular weight excluding hydrogens is 250 g/mol. The Bertz CT molecular complexity index is 431. The second kappa shape index (κ2) is 5.42. The number of methoxy groups -OCH3 is 1. The Kier molecular flexibility index (Phi) is 3.87. The number of ether oxygens (including phenoxy) is 1.